The minimum atomic E-state index is -0.505. The molecule has 0 aliphatic heterocycles. The first-order valence-electron chi connectivity index (χ1n) is 9.51. The molecule has 0 radical (unpaired) electrons. The van der Waals surface area contributed by atoms with Gasteiger partial charge >= 0.3 is 0 Å². The summed E-state index contributed by atoms with van der Waals surface area (Å²) in [7, 11) is 1.51. The lowest BCUT2D eigenvalue weighted by molar-refractivity contribution is -0.112. The first-order chi connectivity index (χ1) is 15.5. The number of methoxy groups -OCH3 is 1. The third-order valence-corrected chi connectivity index (χ3v) is 5.01. The van der Waals surface area contributed by atoms with Crippen molar-refractivity contribution in [3.63, 3.8) is 0 Å². The van der Waals surface area contributed by atoms with E-state index in [0.29, 0.717) is 32.8 Å². The van der Waals surface area contributed by atoms with Crippen LogP contribution in [0.25, 0.3) is 6.08 Å². The van der Waals surface area contributed by atoms with Crippen LogP contribution in [0.15, 0.2) is 76.8 Å². The summed E-state index contributed by atoms with van der Waals surface area (Å²) in [6.07, 6.45) is 1.48. The molecule has 3 aromatic rings. The van der Waals surface area contributed by atoms with Gasteiger partial charge in [-0.2, -0.15) is 10.5 Å². The second kappa shape index (κ2) is 10.8. The monoisotopic (exact) mass is 487 g/mol. The van der Waals surface area contributed by atoms with Crippen LogP contribution in [0.5, 0.6) is 11.5 Å². The molecule has 0 saturated carbocycles. The molecule has 158 valence electrons. The number of carbonyl (C=O) groups excluding carboxylic acids is 1. The van der Waals surface area contributed by atoms with Crippen molar-refractivity contribution in [1.82, 2.24) is 0 Å². The van der Waals surface area contributed by atoms with Crippen LogP contribution >= 0.6 is 15.9 Å². The minimum absolute atomic E-state index is 0.0472. The summed E-state index contributed by atoms with van der Waals surface area (Å²) in [5, 5.41) is 21.1. The first-order valence-corrected chi connectivity index (χ1v) is 10.3. The molecule has 0 saturated heterocycles. The molecule has 0 aromatic heterocycles. The van der Waals surface area contributed by atoms with E-state index in [9.17, 15) is 10.1 Å². The lowest BCUT2D eigenvalue weighted by Gasteiger charge is -2.14. The number of amides is 1. The van der Waals surface area contributed by atoms with Crippen molar-refractivity contribution in [2.75, 3.05) is 12.4 Å². The van der Waals surface area contributed by atoms with Gasteiger partial charge in [-0.3, -0.25) is 4.79 Å². The lowest BCUT2D eigenvalue weighted by atomic mass is 10.1. The number of hydrogen-bond acceptors (Lipinski definition) is 5. The SMILES string of the molecule is COc1cc(/C=C(\C#N)C(=O)Nc2ccccc2)cc(Br)c1OCc1ccc(C#N)cc1. The Bertz CT molecular complexity index is 1220. The molecule has 0 spiro atoms. The number of nitrogens with one attached hydrogen (secondary N) is 1. The number of carbonyl (C=O) groups is 1. The van der Waals surface area contributed by atoms with Crippen LogP contribution in [0, 0.1) is 22.7 Å². The highest BCUT2D eigenvalue weighted by atomic mass is 79.9. The molecular weight excluding hydrogens is 470 g/mol. The van der Waals surface area contributed by atoms with Crippen molar-refractivity contribution < 1.29 is 14.3 Å². The van der Waals surface area contributed by atoms with Gasteiger partial charge in [-0.25, -0.2) is 0 Å². The van der Waals surface area contributed by atoms with E-state index in [1.54, 1.807) is 48.5 Å². The van der Waals surface area contributed by atoms with E-state index in [1.807, 2.05) is 24.3 Å². The summed E-state index contributed by atoms with van der Waals surface area (Å²) in [5.41, 5.74) is 2.62. The molecule has 32 heavy (non-hydrogen) atoms. The van der Waals surface area contributed by atoms with Crippen LogP contribution < -0.4 is 14.8 Å². The molecule has 0 fully saturated rings. The van der Waals surface area contributed by atoms with Gasteiger partial charge in [-0.1, -0.05) is 30.3 Å². The Labute approximate surface area is 194 Å². The quantitative estimate of drug-likeness (QED) is 0.352. The van der Waals surface area contributed by atoms with Crippen molar-refractivity contribution in [1.29, 1.82) is 10.5 Å². The predicted octanol–water partition coefficient (Wildman–Crippen LogP) is 5.45. The van der Waals surface area contributed by atoms with E-state index >= 15 is 0 Å². The van der Waals surface area contributed by atoms with Gasteiger partial charge in [0.1, 0.15) is 18.2 Å². The number of para-hydroxylation sites is 1. The minimum Gasteiger partial charge on any atom is -0.493 e. The van der Waals surface area contributed by atoms with E-state index in [4.69, 9.17) is 14.7 Å². The highest BCUT2D eigenvalue weighted by Gasteiger charge is 2.14. The van der Waals surface area contributed by atoms with Gasteiger partial charge in [0, 0.05) is 5.69 Å². The molecule has 7 heteroatoms. The molecule has 0 heterocycles. The van der Waals surface area contributed by atoms with E-state index in [0.717, 1.165) is 5.56 Å². The number of rotatable bonds is 7. The van der Waals surface area contributed by atoms with E-state index in [2.05, 4.69) is 27.3 Å². The van der Waals surface area contributed by atoms with Gasteiger partial charge in [0.2, 0.25) is 0 Å². The molecular formula is C25H18BrN3O3. The Morgan fingerprint density at radius 3 is 2.44 bits per heavy atom. The molecule has 0 bridgehead atoms. The zero-order valence-corrected chi connectivity index (χ0v) is 18.7. The number of benzene rings is 3. The molecule has 0 unspecified atom stereocenters. The fourth-order valence-electron chi connectivity index (χ4n) is 2.83. The maximum absolute atomic E-state index is 12.5. The van der Waals surface area contributed by atoms with Crippen LogP contribution in [-0.2, 0) is 11.4 Å². The normalized spacial score (nSPS) is 10.6. The van der Waals surface area contributed by atoms with Gasteiger partial charge in [-0.15, -0.1) is 0 Å². The Kier molecular flexibility index (Phi) is 7.64. The number of nitriles is 2. The third kappa shape index (κ3) is 5.75. The van der Waals surface area contributed by atoms with Gasteiger partial charge < -0.3 is 14.8 Å². The predicted molar refractivity (Wildman–Crippen MR) is 125 cm³/mol. The van der Waals surface area contributed by atoms with Gasteiger partial charge in [0.05, 0.1) is 23.2 Å². The van der Waals surface area contributed by atoms with Crippen molar-refractivity contribution in [2.24, 2.45) is 0 Å². The summed E-state index contributed by atoms with van der Waals surface area (Å²) in [4.78, 5) is 12.5. The number of halogens is 1. The van der Waals surface area contributed by atoms with Gasteiger partial charge in [0.25, 0.3) is 5.91 Å². The van der Waals surface area contributed by atoms with Crippen LogP contribution in [0.4, 0.5) is 5.69 Å². The zero-order chi connectivity index (χ0) is 22.9. The maximum Gasteiger partial charge on any atom is 0.266 e. The standard InChI is InChI=1S/C25H18BrN3O3/c1-31-23-13-19(11-20(15-28)25(30)29-21-5-3-2-4-6-21)12-22(26)24(23)32-16-18-9-7-17(14-27)8-10-18/h2-13H,16H2,1H3,(H,29,30)/b20-11+. The number of ether oxygens (including phenoxy) is 2. The lowest BCUT2D eigenvalue weighted by Crippen LogP contribution is -2.13. The van der Waals surface area contributed by atoms with Gasteiger partial charge in [0.15, 0.2) is 11.5 Å². The first kappa shape index (κ1) is 22.6. The number of hydrogen-bond donors (Lipinski definition) is 1. The van der Waals surface area contributed by atoms with Crippen molar-refractivity contribution in [3.05, 3.63) is 93.5 Å². The average Bonchev–Trinajstić information content (AvgIpc) is 2.82. The summed E-state index contributed by atoms with van der Waals surface area (Å²) >= 11 is 3.48. The molecule has 1 N–H and O–H groups in total. The molecule has 3 rings (SSSR count). The second-order valence-electron chi connectivity index (χ2n) is 6.62. The molecule has 3 aromatic carbocycles. The van der Waals surface area contributed by atoms with E-state index in [1.165, 1.54) is 13.2 Å². The topological polar surface area (TPSA) is 95.1 Å². The molecule has 1 amide bonds. The summed E-state index contributed by atoms with van der Waals surface area (Å²) in [6, 6.07) is 23.4. The highest BCUT2D eigenvalue weighted by molar-refractivity contribution is 9.10. The van der Waals surface area contributed by atoms with Crippen LogP contribution in [0.2, 0.25) is 0 Å². The smallest absolute Gasteiger partial charge is 0.266 e. The van der Waals surface area contributed by atoms with Crippen LogP contribution in [-0.4, -0.2) is 13.0 Å². The van der Waals surface area contributed by atoms with E-state index < -0.39 is 5.91 Å². The average molecular weight is 488 g/mol. The molecule has 0 atom stereocenters. The Morgan fingerprint density at radius 1 is 1.09 bits per heavy atom. The maximum atomic E-state index is 12.5. The third-order valence-electron chi connectivity index (χ3n) is 4.43. The van der Waals surface area contributed by atoms with Gasteiger partial charge in [-0.05, 0) is 69.5 Å². The Balaban J connectivity index is 1.80. The molecule has 0 aliphatic carbocycles. The number of nitrogens with zero attached hydrogens (tertiary/aromatic N) is 2. The Morgan fingerprint density at radius 2 is 1.81 bits per heavy atom. The zero-order valence-electron chi connectivity index (χ0n) is 17.1. The fourth-order valence-corrected chi connectivity index (χ4v) is 3.40. The molecule has 6 nitrogen and oxygen atoms in total. The van der Waals surface area contributed by atoms with Crippen molar-refractivity contribution in [2.45, 2.75) is 6.61 Å². The summed E-state index contributed by atoms with van der Waals surface area (Å²) in [6.45, 7) is 0.277. The summed E-state index contributed by atoms with van der Waals surface area (Å²) < 4.78 is 12.0. The largest absolute Gasteiger partial charge is 0.493 e. The van der Waals surface area contributed by atoms with Crippen LogP contribution in [0.3, 0.4) is 0 Å². The second-order valence-corrected chi connectivity index (χ2v) is 7.48. The van der Waals surface area contributed by atoms with Crippen molar-refractivity contribution in [3.8, 4) is 23.6 Å². The van der Waals surface area contributed by atoms with Crippen LogP contribution in [0.1, 0.15) is 16.7 Å². The Hall–Kier alpha value is -4.07. The molecule has 0 aliphatic rings. The fraction of sp³-hybridized carbons (Fsp3) is 0.0800. The van der Waals surface area contributed by atoms with E-state index in [-0.39, 0.29) is 12.2 Å². The highest BCUT2D eigenvalue weighted by Crippen LogP contribution is 2.37. The van der Waals surface area contributed by atoms with Crippen molar-refractivity contribution >= 4 is 33.6 Å². The number of anilines is 1. The summed E-state index contributed by atoms with van der Waals surface area (Å²) in [5.74, 6) is 0.427.